The van der Waals surface area contributed by atoms with E-state index in [9.17, 15) is 9.59 Å². The third-order valence-corrected chi connectivity index (χ3v) is 2.54. The Labute approximate surface area is 94.6 Å². The van der Waals surface area contributed by atoms with Gasteiger partial charge < -0.3 is 9.64 Å². The van der Waals surface area contributed by atoms with Crippen LogP contribution < -0.4 is 5.43 Å². The molecule has 6 nitrogen and oxygen atoms in total. The van der Waals surface area contributed by atoms with Crippen LogP contribution in [0.4, 0.5) is 0 Å². The minimum atomic E-state index is -0.162. The highest BCUT2D eigenvalue weighted by Gasteiger charge is 2.23. The molecule has 0 spiro atoms. The summed E-state index contributed by atoms with van der Waals surface area (Å²) in [5, 5.41) is 3.76. The van der Waals surface area contributed by atoms with E-state index in [0.29, 0.717) is 25.2 Å². The quantitative estimate of drug-likeness (QED) is 0.719. The normalized spacial score (nSPS) is 17.4. The molecule has 0 fully saturated rings. The summed E-state index contributed by atoms with van der Waals surface area (Å²) < 4.78 is 4.98. The molecule has 6 heteroatoms. The first-order valence-corrected chi connectivity index (χ1v) is 5.17. The summed E-state index contributed by atoms with van der Waals surface area (Å²) in [5.41, 5.74) is 2.70. The molecule has 0 saturated carbocycles. The Hall–Kier alpha value is -1.43. The molecule has 1 heterocycles. The van der Waals surface area contributed by atoms with Crippen molar-refractivity contribution in [3.63, 3.8) is 0 Å². The first kappa shape index (κ1) is 12.6. The smallest absolute Gasteiger partial charge is 0.270 e. The average Bonchev–Trinajstić information content (AvgIpc) is 2.28. The number of hydrogen-bond acceptors (Lipinski definition) is 4. The Morgan fingerprint density at radius 3 is 2.81 bits per heavy atom. The van der Waals surface area contributed by atoms with Crippen LogP contribution in [0.5, 0.6) is 0 Å². The third-order valence-electron chi connectivity index (χ3n) is 2.54. The molecule has 0 aromatic carbocycles. The molecule has 1 unspecified atom stereocenters. The Kier molecular flexibility index (Phi) is 4.42. The van der Waals surface area contributed by atoms with Gasteiger partial charge in [0, 0.05) is 27.0 Å². The average molecular weight is 227 g/mol. The van der Waals surface area contributed by atoms with Gasteiger partial charge in [-0.2, -0.15) is 5.10 Å². The lowest BCUT2D eigenvalue weighted by molar-refractivity contribution is -0.125. The highest BCUT2D eigenvalue weighted by Crippen LogP contribution is 2.05. The van der Waals surface area contributed by atoms with Gasteiger partial charge in [-0.1, -0.05) is 0 Å². The summed E-state index contributed by atoms with van der Waals surface area (Å²) >= 11 is 0. The van der Waals surface area contributed by atoms with Crippen LogP contribution in [0, 0.1) is 0 Å². The van der Waals surface area contributed by atoms with E-state index < -0.39 is 0 Å². The van der Waals surface area contributed by atoms with Crippen molar-refractivity contribution in [3.05, 3.63) is 0 Å². The summed E-state index contributed by atoms with van der Waals surface area (Å²) in [6.45, 7) is 2.37. The van der Waals surface area contributed by atoms with Crippen molar-refractivity contribution in [2.24, 2.45) is 5.10 Å². The second-order valence-electron chi connectivity index (χ2n) is 3.81. The van der Waals surface area contributed by atoms with Crippen LogP contribution in [0.1, 0.15) is 19.8 Å². The maximum Gasteiger partial charge on any atom is 0.270 e. The molecule has 0 aromatic rings. The van der Waals surface area contributed by atoms with Gasteiger partial charge in [0.2, 0.25) is 5.91 Å². The van der Waals surface area contributed by atoms with E-state index in [4.69, 9.17) is 4.74 Å². The minimum absolute atomic E-state index is 0.0159. The molecule has 0 bridgehead atoms. The van der Waals surface area contributed by atoms with E-state index >= 15 is 0 Å². The van der Waals surface area contributed by atoms with Crippen LogP contribution >= 0.6 is 0 Å². The van der Waals surface area contributed by atoms with Gasteiger partial charge in [0.1, 0.15) is 5.71 Å². The Balaban J connectivity index is 2.60. The number of likely N-dealkylation sites (N-methyl/N-ethyl adjacent to an activating group) is 1. The number of nitrogens with one attached hydrogen (secondary N) is 1. The largest absolute Gasteiger partial charge is 0.383 e. The second-order valence-corrected chi connectivity index (χ2v) is 3.81. The fourth-order valence-corrected chi connectivity index (χ4v) is 1.39. The lowest BCUT2D eigenvalue weighted by Crippen LogP contribution is -2.43. The van der Waals surface area contributed by atoms with Gasteiger partial charge in [-0.05, 0) is 6.92 Å². The van der Waals surface area contributed by atoms with Crippen molar-refractivity contribution in [2.45, 2.75) is 25.8 Å². The lowest BCUT2D eigenvalue weighted by atomic mass is 10.1. The van der Waals surface area contributed by atoms with Gasteiger partial charge >= 0.3 is 0 Å². The van der Waals surface area contributed by atoms with Crippen LogP contribution in [0.2, 0.25) is 0 Å². The molecular formula is C10H17N3O3. The van der Waals surface area contributed by atoms with E-state index in [2.05, 4.69) is 10.5 Å². The van der Waals surface area contributed by atoms with E-state index in [1.54, 1.807) is 19.1 Å². The van der Waals surface area contributed by atoms with Crippen molar-refractivity contribution in [1.29, 1.82) is 0 Å². The Morgan fingerprint density at radius 2 is 2.31 bits per heavy atom. The molecular weight excluding hydrogens is 210 g/mol. The van der Waals surface area contributed by atoms with Crippen molar-refractivity contribution < 1.29 is 14.3 Å². The molecule has 1 N–H and O–H groups in total. The first-order chi connectivity index (χ1) is 7.56. The zero-order valence-electron chi connectivity index (χ0n) is 9.82. The minimum Gasteiger partial charge on any atom is -0.383 e. The van der Waals surface area contributed by atoms with E-state index in [-0.39, 0.29) is 17.9 Å². The number of rotatable bonds is 4. The Morgan fingerprint density at radius 1 is 1.62 bits per heavy atom. The number of hydrogen-bond donors (Lipinski definition) is 1. The van der Waals surface area contributed by atoms with E-state index in [1.165, 1.54) is 0 Å². The number of carbonyl (C=O) groups is 2. The van der Waals surface area contributed by atoms with Gasteiger partial charge in [-0.3, -0.25) is 9.59 Å². The molecule has 2 amide bonds. The number of nitrogens with zero attached hydrogens (tertiary/aromatic N) is 2. The summed E-state index contributed by atoms with van der Waals surface area (Å²) in [4.78, 5) is 24.4. The summed E-state index contributed by atoms with van der Waals surface area (Å²) in [5.74, 6) is -0.311. The van der Waals surface area contributed by atoms with Gasteiger partial charge in [0.15, 0.2) is 0 Å². The number of amides is 2. The predicted molar refractivity (Wildman–Crippen MR) is 58.9 cm³/mol. The number of ether oxygens (including phenoxy) is 1. The number of methoxy groups -OCH3 is 1. The van der Waals surface area contributed by atoms with E-state index in [0.717, 1.165) is 0 Å². The van der Waals surface area contributed by atoms with Crippen LogP contribution in [-0.2, 0) is 14.3 Å². The van der Waals surface area contributed by atoms with Crippen LogP contribution in [-0.4, -0.2) is 49.2 Å². The zero-order chi connectivity index (χ0) is 12.1. The summed E-state index contributed by atoms with van der Waals surface area (Å²) in [6, 6.07) is -0.0159. The molecule has 1 aliphatic heterocycles. The molecule has 0 aliphatic carbocycles. The van der Waals surface area contributed by atoms with Crippen LogP contribution in [0.15, 0.2) is 5.10 Å². The second kappa shape index (κ2) is 5.60. The van der Waals surface area contributed by atoms with Crippen molar-refractivity contribution in [2.75, 3.05) is 20.8 Å². The SMILES string of the molecule is COCC(C)N(C)C(=O)C1=NNC(=O)CC1. The maximum absolute atomic E-state index is 11.9. The lowest BCUT2D eigenvalue weighted by Gasteiger charge is -2.25. The standard InChI is InChI=1S/C10H17N3O3/c1-7(6-16-3)13(2)10(15)8-4-5-9(14)12-11-8/h7H,4-6H2,1-3H3,(H,12,14). The fraction of sp³-hybridized carbons (Fsp3) is 0.700. The zero-order valence-corrected chi connectivity index (χ0v) is 9.82. The van der Waals surface area contributed by atoms with Gasteiger partial charge in [-0.25, -0.2) is 5.43 Å². The van der Waals surface area contributed by atoms with Gasteiger partial charge in [-0.15, -0.1) is 0 Å². The van der Waals surface area contributed by atoms with Crippen molar-refractivity contribution in [1.82, 2.24) is 10.3 Å². The first-order valence-electron chi connectivity index (χ1n) is 5.17. The molecule has 1 aliphatic rings. The topological polar surface area (TPSA) is 71.0 Å². The maximum atomic E-state index is 11.9. The van der Waals surface area contributed by atoms with Crippen LogP contribution in [0.3, 0.4) is 0 Å². The summed E-state index contributed by atoms with van der Waals surface area (Å²) in [6.07, 6.45) is 0.714. The highest BCUT2D eigenvalue weighted by molar-refractivity contribution is 6.39. The van der Waals surface area contributed by atoms with Crippen LogP contribution in [0.25, 0.3) is 0 Å². The van der Waals surface area contributed by atoms with Gasteiger partial charge in [0.25, 0.3) is 5.91 Å². The molecule has 90 valence electrons. The molecule has 1 atom stereocenters. The molecule has 16 heavy (non-hydrogen) atoms. The molecule has 0 aromatic heterocycles. The molecule has 1 rings (SSSR count). The van der Waals surface area contributed by atoms with Gasteiger partial charge in [0.05, 0.1) is 12.6 Å². The van der Waals surface area contributed by atoms with E-state index in [1.807, 2.05) is 6.92 Å². The monoisotopic (exact) mass is 227 g/mol. The van der Waals surface area contributed by atoms with Crippen molar-refractivity contribution in [3.8, 4) is 0 Å². The fourth-order valence-electron chi connectivity index (χ4n) is 1.39. The molecule has 0 radical (unpaired) electrons. The highest BCUT2D eigenvalue weighted by atomic mass is 16.5. The summed E-state index contributed by atoms with van der Waals surface area (Å²) in [7, 11) is 3.29. The van der Waals surface area contributed by atoms with Crippen molar-refractivity contribution >= 4 is 17.5 Å². The Bertz CT molecular complexity index is 314. The number of hydrazone groups is 1. The number of carbonyl (C=O) groups excluding carboxylic acids is 2. The predicted octanol–water partition coefficient (Wildman–Crippen LogP) is -0.254. The third kappa shape index (κ3) is 3.03. The molecule has 0 saturated heterocycles.